The van der Waals surface area contributed by atoms with E-state index in [4.69, 9.17) is 4.74 Å². The number of nitrogens with zero attached hydrogens (tertiary/aromatic N) is 2. The fourth-order valence-electron chi connectivity index (χ4n) is 4.69. The van der Waals surface area contributed by atoms with Crippen LogP contribution in [-0.4, -0.2) is 41.6 Å². The van der Waals surface area contributed by atoms with Crippen LogP contribution in [0.2, 0.25) is 0 Å². The van der Waals surface area contributed by atoms with E-state index >= 15 is 0 Å². The van der Waals surface area contributed by atoms with Gasteiger partial charge >= 0.3 is 5.97 Å². The highest BCUT2D eigenvalue weighted by molar-refractivity contribution is 5.96. The van der Waals surface area contributed by atoms with Crippen LogP contribution in [0.15, 0.2) is 72.8 Å². The third-order valence-electron chi connectivity index (χ3n) is 6.63. The summed E-state index contributed by atoms with van der Waals surface area (Å²) in [6, 6.07) is 20.8. The summed E-state index contributed by atoms with van der Waals surface area (Å²) in [5, 5.41) is 9.65. The summed E-state index contributed by atoms with van der Waals surface area (Å²) in [4.78, 5) is 29.0. The molecule has 6 nitrogen and oxygen atoms in total. The molecule has 0 bridgehead atoms. The van der Waals surface area contributed by atoms with Crippen molar-refractivity contribution in [2.24, 2.45) is 0 Å². The number of carboxylic acids is 1. The molecule has 0 spiro atoms. The maximum atomic E-state index is 14.5. The Balaban J connectivity index is 1.65. The fraction of sp³-hybridized carbons (Fsp3) is 0.333. The molecule has 0 unspecified atom stereocenters. The van der Waals surface area contributed by atoms with Gasteiger partial charge in [0.15, 0.2) is 6.61 Å². The van der Waals surface area contributed by atoms with E-state index in [2.05, 4.69) is 4.90 Å². The molecule has 4 rings (SSSR count). The molecule has 0 aromatic heterocycles. The van der Waals surface area contributed by atoms with Crippen LogP contribution in [0.25, 0.3) is 0 Å². The first kappa shape index (κ1) is 26.4. The van der Waals surface area contributed by atoms with E-state index in [0.717, 1.165) is 44.2 Å². The van der Waals surface area contributed by atoms with E-state index in [9.17, 15) is 19.1 Å². The van der Waals surface area contributed by atoms with Crippen molar-refractivity contribution in [1.82, 2.24) is 4.90 Å². The predicted molar refractivity (Wildman–Crippen MR) is 141 cm³/mol. The van der Waals surface area contributed by atoms with Crippen LogP contribution in [0.3, 0.4) is 0 Å². The number of benzene rings is 3. The first-order chi connectivity index (χ1) is 18.0. The second-order valence-corrected chi connectivity index (χ2v) is 9.37. The van der Waals surface area contributed by atoms with E-state index in [0.29, 0.717) is 36.6 Å². The first-order valence-electron chi connectivity index (χ1n) is 12.8. The molecule has 1 heterocycles. The zero-order valence-electron chi connectivity index (χ0n) is 20.9. The number of anilines is 1. The van der Waals surface area contributed by atoms with Gasteiger partial charge in [-0.25, -0.2) is 9.18 Å². The number of carbonyl (C=O) groups excluding carboxylic acids is 1. The molecule has 0 radical (unpaired) electrons. The molecular weight excluding hydrogens is 471 g/mol. The van der Waals surface area contributed by atoms with Gasteiger partial charge in [0, 0.05) is 30.9 Å². The standard InChI is InChI=1S/C30H33FN2O4/c31-27-14-8-7-11-24(27)20-32-17-9-2-1-3-10-18-33(29(34)22-37-26-12-5-4-6-13-26)28-16-15-23(30(35)36)19-25(28)21-32/h4-8,11-16,19H,1-3,9-10,17-18,20-22H2,(H,35,36). The van der Waals surface area contributed by atoms with E-state index in [-0.39, 0.29) is 23.9 Å². The second-order valence-electron chi connectivity index (χ2n) is 9.37. The monoisotopic (exact) mass is 504 g/mol. The van der Waals surface area contributed by atoms with Crippen molar-refractivity contribution in [2.45, 2.75) is 45.2 Å². The van der Waals surface area contributed by atoms with Gasteiger partial charge in [-0.2, -0.15) is 0 Å². The highest BCUT2D eigenvalue weighted by Crippen LogP contribution is 2.27. The minimum Gasteiger partial charge on any atom is -0.484 e. The Morgan fingerprint density at radius 3 is 2.32 bits per heavy atom. The van der Waals surface area contributed by atoms with Gasteiger partial charge in [0.2, 0.25) is 0 Å². The minimum atomic E-state index is -1.03. The topological polar surface area (TPSA) is 70.1 Å². The van der Waals surface area contributed by atoms with Crippen molar-refractivity contribution in [2.75, 3.05) is 24.6 Å². The van der Waals surface area contributed by atoms with Gasteiger partial charge < -0.3 is 14.7 Å². The summed E-state index contributed by atoms with van der Waals surface area (Å²) >= 11 is 0. The minimum absolute atomic E-state index is 0.122. The molecule has 0 saturated heterocycles. The van der Waals surface area contributed by atoms with E-state index < -0.39 is 5.97 Å². The number of hydrogen-bond donors (Lipinski definition) is 1. The normalized spacial score (nSPS) is 15.2. The molecule has 0 aliphatic carbocycles. The van der Waals surface area contributed by atoms with Gasteiger partial charge in [-0.15, -0.1) is 0 Å². The zero-order chi connectivity index (χ0) is 26.0. The number of ether oxygens (including phenoxy) is 1. The fourth-order valence-corrected chi connectivity index (χ4v) is 4.69. The SMILES string of the molecule is O=C(O)c1ccc2c(c1)CN(Cc1ccccc1F)CCCCCCCN2C(=O)COc1ccccc1. The summed E-state index contributed by atoms with van der Waals surface area (Å²) in [5.41, 5.74) is 2.15. The summed E-state index contributed by atoms with van der Waals surface area (Å²) in [5.74, 6) is -0.864. The highest BCUT2D eigenvalue weighted by Gasteiger charge is 2.23. The zero-order valence-corrected chi connectivity index (χ0v) is 20.9. The van der Waals surface area contributed by atoms with Gasteiger partial charge in [0.05, 0.1) is 5.56 Å². The molecule has 7 heteroatoms. The lowest BCUT2D eigenvalue weighted by Gasteiger charge is -2.29. The maximum Gasteiger partial charge on any atom is 0.335 e. The number of rotatable bonds is 6. The quantitative estimate of drug-likeness (QED) is 0.453. The van der Waals surface area contributed by atoms with Crippen LogP contribution in [0, 0.1) is 5.82 Å². The molecule has 0 atom stereocenters. The molecule has 3 aromatic rings. The number of fused-ring (bicyclic) bond motifs is 1. The predicted octanol–water partition coefficient (Wildman–Crippen LogP) is 5.90. The van der Waals surface area contributed by atoms with Crippen LogP contribution in [0.4, 0.5) is 10.1 Å². The van der Waals surface area contributed by atoms with Crippen molar-refractivity contribution in [3.05, 3.63) is 95.3 Å². The Bertz CT molecular complexity index is 1200. The lowest BCUT2D eigenvalue weighted by molar-refractivity contribution is -0.120. The van der Waals surface area contributed by atoms with Gasteiger partial charge in [0.1, 0.15) is 11.6 Å². The average Bonchev–Trinajstić information content (AvgIpc) is 2.90. The number of carbonyl (C=O) groups is 2. The van der Waals surface area contributed by atoms with Crippen LogP contribution in [-0.2, 0) is 17.9 Å². The van der Waals surface area contributed by atoms with E-state index in [1.165, 1.54) is 12.1 Å². The molecule has 3 aromatic carbocycles. The Labute approximate surface area is 217 Å². The summed E-state index contributed by atoms with van der Waals surface area (Å²) in [6.07, 6.45) is 4.90. The molecular formula is C30H33FN2O4. The average molecular weight is 505 g/mol. The van der Waals surface area contributed by atoms with Crippen molar-refractivity contribution in [1.29, 1.82) is 0 Å². The molecule has 1 aliphatic heterocycles. The number of hydrogen-bond acceptors (Lipinski definition) is 4. The molecule has 1 N–H and O–H groups in total. The third-order valence-corrected chi connectivity index (χ3v) is 6.63. The van der Waals surface area contributed by atoms with Gasteiger partial charge in [-0.05, 0) is 61.3 Å². The van der Waals surface area contributed by atoms with Crippen molar-refractivity contribution < 1.29 is 23.8 Å². The van der Waals surface area contributed by atoms with E-state index in [1.54, 1.807) is 41.3 Å². The Kier molecular flexibility index (Phi) is 9.27. The summed E-state index contributed by atoms with van der Waals surface area (Å²) < 4.78 is 20.2. The Hall–Kier alpha value is -3.71. The Morgan fingerprint density at radius 2 is 1.57 bits per heavy atom. The highest BCUT2D eigenvalue weighted by atomic mass is 19.1. The molecule has 0 fully saturated rings. The van der Waals surface area contributed by atoms with Crippen LogP contribution in [0.1, 0.15) is 53.6 Å². The molecule has 194 valence electrons. The smallest absolute Gasteiger partial charge is 0.335 e. The molecule has 1 amide bonds. The number of halogens is 1. The number of aromatic carboxylic acids is 1. The molecule has 0 saturated carbocycles. The summed E-state index contributed by atoms with van der Waals surface area (Å²) in [7, 11) is 0. The van der Waals surface area contributed by atoms with E-state index in [1.807, 2.05) is 24.3 Å². The Morgan fingerprint density at radius 1 is 0.865 bits per heavy atom. The van der Waals surface area contributed by atoms with Crippen LogP contribution >= 0.6 is 0 Å². The van der Waals surface area contributed by atoms with Crippen molar-refractivity contribution >= 4 is 17.6 Å². The number of carboxylic acid groups (broad SMARTS) is 1. The largest absolute Gasteiger partial charge is 0.484 e. The molecule has 37 heavy (non-hydrogen) atoms. The van der Waals surface area contributed by atoms with Crippen molar-refractivity contribution in [3.8, 4) is 5.75 Å². The van der Waals surface area contributed by atoms with Crippen molar-refractivity contribution in [3.63, 3.8) is 0 Å². The lowest BCUT2D eigenvalue weighted by atomic mass is 10.0. The third kappa shape index (κ3) is 7.40. The first-order valence-corrected chi connectivity index (χ1v) is 12.8. The van der Waals surface area contributed by atoms with Gasteiger partial charge in [-0.1, -0.05) is 55.7 Å². The number of para-hydroxylation sites is 1. The summed E-state index contributed by atoms with van der Waals surface area (Å²) in [6.45, 7) is 1.94. The van der Waals surface area contributed by atoms with Crippen LogP contribution in [0.5, 0.6) is 5.75 Å². The van der Waals surface area contributed by atoms with Crippen LogP contribution < -0.4 is 9.64 Å². The maximum absolute atomic E-state index is 14.5. The van der Waals surface area contributed by atoms with Gasteiger partial charge in [0.25, 0.3) is 5.91 Å². The number of amides is 1. The second kappa shape index (κ2) is 13.0. The lowest BCUT2D eigenvalue weighted by Crippen LogP contribution is -2.37. The molecule has 1 aliphatic rings. The van der Waals surface area contributed by atoms with Gasteiger partial charge in [-0.3, -0.25) is 9.69 Å².